The molecule has 7 nitrogen and oxygen atoms in total. The van der Waals surface area contributed by atoms with Crippen LogP contribution in [0.2, 0.25) is 0 Å². The van der Waals surface area contributed by atoms with Crippen LogP contribution in [0.1, 0.15) is 33.6 Å². The van der Waals surface area contributed by atoms with E-state index in [0.29, 0.717) is 6.42 Å². The van der Waals surface area contributed by atoms with Crippen LogP contribution in [0.15, 0.2) is 23.3 Å². The van der Waals surface area contributed by atoms with Crippen LogP contribution >= 0.6 is 0 Å². The van der Waals surface area contributed by atoms with E-state index in [2.05, 4.69) is 15.5 Å². The van der Waals surface area contributed by atoms with Crippen molar-refractivity contribution in [2.45, 2.75) is 33.6 Å². The Bertz CT molecular complexity index is 475. The van der Waals surface area contributed by atoms with Crippen molar-refractivity contribution in [3.63, 3.8) is 0 Å². The lowest BCUT2D eigenvalue weighted by Gasteiger charge is -2.18. The number of methoxy groups -OCH3 is 2. The highest BCUT2D eigenvalue weighted by atomic mass is 16.6. The first-order valence-corrected chi connectivity index (χ1v) is 7.31. The number of hydrogen-bond donors (Lipinski definition) is 0. The van der Waals surface area contributed by atoms with Gasteiger partial charge in [0.15, 0.2) is 5.92 Å². The minimum atomic E-state index is -1.34. The normalized spacial score (nSPS) is 12.5. The van der Waals surface area contributed by atoms with E-state index in [1.165, 1.54) is 5.57 Å². The van der Waals surface area contributed by atoms with Crippen molar-refractivity contribution in [3.05, 3.63) is 33.4 Å². The van der Waals surface area contributed by atoms with Gasteiger partial charge in [-0.05, 0) is 33.6 Å². The third-order valence-corrected chi connectivity index (χ3v) is 3.29. The van der Waals surface area contributed by atoms with Crippen LogP contribution in [-0.2, 0) is 19.1 Å². The molecule has 0 amide bonds. The maximum atomic E-state index is 11.8. The number of ether oxygens (including phenoxy) is 2. The Morgan fingerprint density at radius 1 is 1.13 bits per heavy atom. The van der Waals surface area contributed by atoms with Gasteiger partial charge in [-0.2, -0.15) is 0 Å². The standard InChI is InChI=1S/C16H25NO6/c1-11(2)7-6-8-12(3)9-13(10-17(20)21)14(15(18)22-4)16(19)23-5/h7,9,13-14H,6,8,10H2,1-5H3/b12-9+/t13-/m1/s1. The van der Waals surface area contributed by atoms with Crippen LogP contribution in [-0.4, -0.2) is 37.6 Å². The van der Waals surface area contributed by atoms with E-state index in [4.69, 9.17) is 0 Å². The quantitative estimate of drug-likeness (QED) is 0.212. The number of carbonyl (C=O) groups is 2. The molecule has 0 aromatic rings. The van der Waals surface area contributed by atoms with Gasteiger partial charge in [-0.25, -0.2) is 0 Å². The second-order valence-electron chi connectivity index (χ2n) is 5.54. The molecule has 0 heterocycles. The summed E-state index contributed by atoms with van der Waals surface area (Å²) in [7, 11) is 2.26. The third kappa shape index (κ3) is 8.13. The van der Waals surface area contributed by atoms with Gasteiger partial charge in [0.1, 0.15) is 0 Å². The molecule has 130 valence electrons. The second-order valence-corrected chi connectivity index (χ2v) is 5.54. The first kappa shape index (κ1) is 20.8. The molecule has 0 unspecified atom stereocenters. The molecule has 0 radical (unpaired) electrons. The average Bonchev–Trinajstić information content (AvgIpc) is 2.45. The molecular weight excluding hydrogens is 302 g/mol. The Balaban J connectivity index is 5.37. The lowest BCUT2D eigenvalue weighted by molar-refractivity contribution is -0.486. The Morgan fingerprint density at radius 3 is 2.04 bits per heavy atom. The molecule has 0 fully saturated rings. The van der Waals surface area contributed by atoms with Gasteiger partial charge >= 0.3 is 11.9 Å². The highest BCUT2D eigenvalue weighted by molar-refractivity contribution is 5.95. The summed E-state index contributed by atoms with van der Waals surface area (Å²) < 4.78 is 9.18. The summed E-state index contributed by atoms with van der Waals surface area (Å²) in [5.41, 5.74) is 2.05. The fraction of sp³-hybridized carbons (Fsp3) is 0.625. The molecule has 0 aliphatic carbocycles. The molecule has 0 rings (SSSR count). The highest BCUT2D eigenvalue weighted by Crippen LogP contribution is 2.21. The largest absolute Gasteiger partial charge is 0.468 e. The number of esters is 2. The van der Waals surface area contributed by atoms with Gasteiger partial charge in [0.25, 0.3) is 0 Å². The second kappa shape index (κ2) is 10.5. The minimum Gasteiger partial charge on any atom is -0.468 e. The van der Waals surface area contributed by atoms with Crippen molar-refractivity contribution < 1.29 is 24.0 Å². The average molecular weight is 327 g/mol. The molecule has 0 aliphatic heterocycles. The van der Waals surface area contributed by atoms with Crippen molar-refractivity contribution in [1.29, 1.82) is 0 Å². The van der Waals surface area contributed by atoms with Crippen LogP contribution < -0.4 is 0 Å². The van der Waals surface area contributed by atoms with Crippen molar-refractivity contribution in [2.24, 2.45) is 11.8 Å². The van der Waals surface area contributed by atoms with Crippen LogP contribution in [0.4, 0.5) is 0 Å². The summed E-state index contributed by atoms with van der Waals surface area (Å²) in [6, 6.07) is 0. The molecule has 0 aromatic carbocycles. The zero-order valence-corrected chi connectivity index (χ0v) is 14.3. The maximum absolute atomic E-state index is 11.8. The van der Waals surface area contributed by atoms with Gasteiger partial charge in [0, 0.05) is 4.92 Å². The fourth-order valence-electron chi connectivity index (χ4n) is 2.16. The zero-order valence-electron chi connectivity index (χ0n) is 14.3. The van der Waals surface area contributed by atoms with E-state index in [9.17, 15) is 19.7 Å². The Labute approximate surface area is 136 Å². The summed E-state index contributed by atoms with van der Waals surface area (Å²) >= 11 is 0. The van der Waals surface area contributed by atoms with Gasteiger partial charge in [-0.3, -0.25) is 19.7 Å². The van der Waals surface area contributed by atoms with Gasteiger partial charge in [-0.15, -0.1) is 0 Å². The van der Waals surface area contributed by atoms with Crippen LogP contribution in [0.25, 0.3) is 0 Å². The molecule has 7 heteroatoms. The van der Waals surface area contributed by atoms with Crippen molar-refractivity contribution >= 4 is 11.9 Å². The number of nitro groups is 1. The molecule has 0 spiro atoms. The van der Waals surface area contributed by atoms with Crippen molar-refractivity contribution in [2.75, 3.05) is 20.8 Å². The molecule has 23 heavy (non-hydrogen) atoms. The number of nitrogens with zero attached hydrogens (tertiary/aromatic N) is 1. The molecular formula is C16H25NO6. The summed E-state index contributed by atoms with van der Waals surface area (Å²) in [6.07, 6.45) is 5.13. The Hall–Kier alpha value is -2.18. The number of carbonyl (C=O) groups excluding carboxylic acids is 2. The summed E-state index contributed by atoms with van der Waals surface area (Å²) in [5.74, 6) is -3.92. The van der Waals surface area contributed by atoms with Gasteiger partial charge in [0.2, 0.25) is 6.54 Å². The number of hydrogen-bond acceptors (Lipinski definition) is 6. The topological polar surface area (TPSA) is 95.7 Å². The van der Waals surface area contributed by atoms with Gasteiger partial charge < -0.3 is 9.47 Å². The molecule has 0 aromatic heterocycles. The van der Waals surface area contributed by atoms with Crippen LogP contribution in [0.5, 0.6) is 0 Å². The van der Waals surface area contributed by atoms with Crippen LogP contribution in [0, 0.1) is 22.0 Å². The summed E-state index contributed by atoms with van der Waals surface area (Å²) in [4.78, 5) is 34.0. The molecule has 0 bridgehead atoms. The Morgan fingerprint density at radius 2 is 1.65 bits per heavy atom. The number of rotatable bonds is 9. The summed E-state index contributed by atoms with van der Waals surface area (Å²) in [6.45, 7) is 5.24. The van der Waals surface area contributed by atoms with E-state index >= 15 is 0 Å². The van der Waals surface area contributed by atoms with E-state index < -0.39 is 35.2 Å². The van der Waals surface area contributed by atoms with Gasteiger partial charge in [-0.1, -0.05) is 23.3 Å². The monoisotopic (exact) mass is 327 g/mol. The fourth-order valence-corrected chi connectivity index (χ4v) is 2.16. The number of allylic oxidation sites excluding steroid dienone is 3. The van der Waals surface area contributed by atoms with E-state index in [1.807, 2.05) is 20.8 Å². The van der Waals surface area contributed by atoms with Crippen LogP contribution in [0.3, 0.4) is 0 Å². The molecule has 1 atom stereocenters. The zero-order chi connectivity index (χ0) is 18.0. The predicted octanol–water partition coefficient (Wildman–Crippen LogP) is 2.53. The van der Waals surface area contributed by atoms with E-state index in [1.54, 1.807) is 6.08 Å². The highest BCUT2D eigenvalue weighted by Gasteiger charge is 2.38. The van der Waals surface area contributed by atoms with E-state index in [-0.39, 0.29) is 0 Å². The lowest BCUT2D eigenvalue weighted by Crippen LogP contribution is -2.36. The predicted molar refractivity (Wildman–Crippen MR) is 85.3 cm³/mol. The smallest absolute Gasteiger partial charge is 0.320 e. The van der Waals surface area contributed by atoms with Gasteiger partial charge in [0.05, 0.1) is 20.1 Å². The Kier molecular flexibility index (Phi) is 9.53. The molecule has 0 saturated carbocycles. The van der Waals surface area contributed by atoms with Crippen molar-refractivity contribution in [1.82, 2.24) is 0 Å². The minimum absolute atomic E-state index is 0.547. The SMILES string of the molecule is COC(=O)C(C(=O)OC)[C@H](/C=C(\C)CCC=C(C)C)C[N+](=O)[O-]. The first-order chi connectivity index (χ1) is 10.7. The maximum Gasteiger partial charge on any atom is 0.320 e. The molecule has 0 saturated heterocycles. The van der Waals surface area contributed by atoms with Crippen molar-refractivity contribution in [3.8, 4) is 0 Å². The summed E-state index contributed by atoms with van der Waals surface area (Å²) in [5, 5.41) is 10.9. The lowest BCUT2D eigenvalue weighted by atomic mass is 9.89. The molecule has 0 N–H and O–H groups in total. The first-order valence-electron chi connectivity index (χ1n) is 7.31. The molecule has 0 aliphatic rings. The third-order valence-electron chi connectivity index (χ3n) is 3.29. The van der Waals surface area contributed by atoms with E-state index in [0.717, 1.165) is 26.2 Å².